The van der Waals surface area contributed by atoms with Crippen LogP contribution in [0.15, 0.2) is 35.5 Å². The predicted molar refractivity (Wildman–Crippen MR) is 119 cm³/mol. The number of amidine groups is 1. The molecule has 160 valence electrons. The fourth-order valence-corrected chi connectivity index (χ4v) is 4.96. The Morgan fingerprint density at radius 2 is 1.93 bits per heavy atom. The van der Waals surface area contributed by atoms with E-state index in [0.717, 1.165) is 38.4 Å². The van der Waals surface area contributed by atoms with Crippen LogP contribution in [0.25, 0.3) is 0 Å². The van der Waals surface area contributed by atoms with E-state index in [9.17, 15) is 0 Å². The molecular weight excluding hydrogens is 360 g/mol. The first-order valence-corrected chi connectivity index (χ1v) is 11.7. The highest BCUT2D eigenvalue weighted by Gasteiger charge is 2.45. The van der Waals surface area contributed by atoms with Crippen molar-refractivity contribution in [1.82, 2.24) is 10.6 Å². The first kappa shape index (κ1) is 20.7. The van der Waals surface area contributed by atoms with Gasteiger partial charge in [0, 0.05) is 36.5 Å². The van der Waals surface area contributed by atoms with Crippen molar-refractivity contribution in [3.63, 3.8) is 0 Å². The van der Waals surface area contributed by atoms with E-state index in [0.29, 0.717) is 23.9 Å². The van der Waals surface area contributed by atoms with Crippen LogP contribution >= 0.6 is 0 Å². The van der Waals surface area contributed by atoms with Gasteiger partial charge in [-0.1, -0.05) is 41.9 Å². The van der Waals surface area contributed by atoms with Gasteiger partial charge >= 0.3 is 0 Å². The number of hydrogen-bond acceptors (Lipinski definition) is 4. The van der Waals surface area contributed by atoms with Crippen LogP contribution in [0.1, 0.15) is 69.8 Å². The van der Waals surface area contributed by atoms with Gasteiger partial charge in [0.1, 0.15) is 12.4 Å². The summed E-state index contributed by atoms with van der Waals surface area (Å²) >= 11 is 0. The van der Waals surface area contributed by atoms with E-state index >= 15 is 0 Å². The third-order valence-electron chi connectivity index (χ3n) is 7.24. The molecule has 1 aromatic carbocycles. The average molecular weight is 399 g/mol. The molecule has 0 saturated heterocycles. The van der Waals surface area contributed by atoms with Crippen molar-refractivity contribution in [3.05, 3.63) is 35.9 Å². The van der Waals surface area contributed by atoms with E-state index in [-0.39, 0.29) is 5.41 Å². The SMILES string of the molecule is CCN/C(=N\OC[C@H]1CC[C@H](N)CC1)C1(CN[C@@H]2C[C@H]2c2ccccc2)CCC1. The van der Waals surface area contributed by atoms with Crippen molar-refractivity contribution in [3.8, 4) is 0 Å². The average Bonchev–Trinajstić information content (AvgIpc) is 3.49. The second-order valence-corrected chi connectivity index (χ2v) is 9.42. The minimum absolute atomic E-state index is 0.120. The van der Waals surface area contributed by atoms with Gasteiger partial charge in [-0.2, -0.15) is 0 Å². The largest absolute Gasteiger partial charge is 0.394 e. The van der Waals surface area contributed by atoms with E-state index in [2.05, 4.69) is 53.0 Å². The molecule has 0 unspecified atom stereocenters. The van der Waals surface area contributed by atoms with E-state index in [1.807, 2.05) is 0 Å². The summed E-state index contributed by atoms with van der Waals surface area (Å²) in [7, 11) is 0. The summed E-state index contributed by atoms with van der Waals surface area (Å²) in [5.74, 6) is 2.33. The van der Waals surface area contributed by atoms with Crippen LogP contribution < -0.4 is 16.4 Å². The predicted octanol–water partition coefficient (Wildman–Crippen LogP) is 3.76. The maximum atomic E-state index is 6.02. The Hall–Kier alpha value is -1.59. The molecule has 1 aromatic rings. The number of oxime groups is 1. The highest BCUT2D eigenvalue weighted by Crippen LogP contribution is 2.45. The Kier molecular flexibility index (Phi) is 6.76. The molecule has 0 bridgehead atoms. The summed E-state index contributed by atoms with van der Waals surface area (Å²) in [6.45, 7) is 4.75. The van der Waals surface area contributed by atoms with Gasteiger partial charge in [-0.25, -0.2) is 0 Å². The van der Waals surface area contributed by atoms with Crippen LogP contribution in [0.5, 0.6) is 0 Å². The lowest BCUT2D eigenvalue weighted by atomic mass is 9.67. The molecule has 0 heterocycles. The lowest BCUT2D eigenvalue weighted by molar-refractivity contribution is 0.0820. The molecule has 3 fully saturated rings. The molecular formula is C24H38N4O. The normalized spacial score (nSPS) is 31.0. The highest BCUT2D eigenvalue weighted by molar-refractivity contribution is 5.88. The lowest BCUT2D eigenvalue weighted by Gasteiger charge is -2.42. The summed E-state index contributed by atoms with van der Waals surface area (Å²) in [6, 6.07) is 11.9. The van der Waals surface area contributed by atoms with Gasteiger partial charge in [-0.15, -0.1) is 0 Å². The molecule has 0 aromatic heterocycles. The van der Waals surface area contributed by atoms with E-state index in [1.165, 1.54) is 44.1 Å². The van der Waals surface area contributed by atoms with Crippen molar-refractivity contribution in [2.45, 2.75) is 76.3 Å². The Morgan fingerprint density at radius 3 is 2.59 bits per heavy atom. The number of nitrogens with one attached hydrogen (secondary N) is 2. The third-order valence-corrected chi connectivity index (χ3v) is 7.24. The molecule has 5 nitrogen and oxygen atoms in total. The molecule has 4 rings (SSSR count). The molecule has 0 radical (unpaired) electrons. The van der Waals surface area contributed by atoms with Crippen molar-refractivity contribution < 1.29 is 4.84 Å². The molecule has 0 aliphatic heterocycles. The molecule has 5 heteroatoms. The zero-order valence-electron chi connectivity index (χ0n) is 17.9. The summed E-state index contributed by atoms with van der Waals surface area (Å²) < 4.78 is 0. The number of nitrogens with two attached hydrogens (primary N) is 1. The van der Waals surface area contributed by atoms with E-state index in [1.54, 1.807) is 0 Å². The summed E-state index contributed by atoms with van der Waals surface area (Å²) in [4.78, 5) is 5.87. The van der Waals surface area contributed by atoms with Crippen LogP contribution in [-0.4, -0.2) is 37.6 Å². The number of rotatable bonds is 9. The molecule has 3 saturated carbocycles. The van der Waals surface area contributed by atoms with Gasteiger partial charge in [-0.05, 0) is 63.4 Å². The fraction of sp³-hybridized carbons (Fsp3) is 0.708. The van der Waals surface area contributed by atoms with Crippen LogP contribution in [0, 0.1) is 11.3 Å². The second-order valence-electron chi connectivity index (χ2n) is 9.42. The Morgan fingerprint density at radius 1 is 1.17 bits per heavy atom. The Balaban J connectivity index is 1.30. The highest BCUT2D eigenvalue weighted by atomic mass is 16.6. The van der Waals surface area contributed by atoms with Crippen molar-refractivity contribution in [2.24, 2.45) is 22.2 Å². The maximum Gasteiger partial charge on any atom is 0.149 e. The molecule has 3 aliphatic carbocycles. The van der Waals surface area contributed by atoms with Crippen molar-refractivity contribution in [2.75, 3.05) is 19.7 Å². The minimum atomic E-state index is 0.120. The maximum absolute atomic E-state index is 6.02. The number of hydrogen-bond donors (Lipinski definition) is 3. The van der Waals surface area contributed by atoms with E-state index < -0.39 is 0 Å². The zero-order valence-corrected chi connectivity index (χ0v) is 17.9. The van der Waals surface area contributed by atoms with Gasteiger partial charge in [0.15, 0.2) is 0 Å². The smallest absolute Gasteiger partial charge is 0.149 e. The minimum Gasteiger partial charge on any atom is -0.394 e. The fourth-order valence-electron chi connectivity index (χ4n) is 4.96. The second kappa shape index (κ2) is 9.48. The lowest BCUT2D eigenvalue weighted by Crippen LogP contribution is -2.52. The molecule has 29 heavy (non-hydrogen) atoms. The Bertz CT molecular complexity index is 665. The van der Waals surface area contributed by atoms with Crippen LogP contribution in [0.4, 0.5) is 0 Å². The van der Waals surface area contributed by atoms with Crippen LogP contribution in [0.2, 0.25) is 0 Å². The third kappa shape index (κ3) is 5.13. The molecule has 0 amide bonds. The molecule has 2 atom stereocenters. The Labute approximate surface area is 175 Å². The monoisotopic (exact) mass is 398 g/mol. The molecule has 4 N–H and O–H groups in total. The molecule has 0 spiro atoms. The zero-order chi connectivity index (χ0) is 20.1. The van der Waals surface area contributed by atoms with Crippen molar-refractivity contribution in [1.29, 1.82) is 0 Å². The van der Waals surface area contributed by atoms with Crippen molar-refractivity contribution >= 4 is 5.84 Å². The van der Waals surface area contributed by atoms with Gasteiger partial charge in [-0.3, -0.25) is 0 Å². The van der Waals surface area contributed by atoms with Crippen LogP contribution in [0.3, 0.4) is 0 Å². The topological polar surface area (TPSA) is 71.7 Å². The summed E-state index contributed by atoms with van der Waals surface area (Å²) in [6.07, 6.45) is 9.48. The first-order valence-electron chi connectivity index (χ1n) is 11.7. The summed E-state index contributed by atoms with van der Waals surface area (Å²) in [5, 5.41) is 12.0. The van der Waals surface area contributed by atoms with Gasteiger partial charge in [0.05, 0.1) is 0 Å². The standard InChI is InChI=1S/C24H38N4O/c1-2-26-23(28-29-16-18-9-11-20(25)12-10-18)24(13-6-14-24)17-27-22-15-21(22)19-7-4-3-5-8-19/h3-5,7-8,18,20-22,27H,2,6,9-17,25H2,1H3,(H,26,28)/t18-,20-,21-,22+/m0/s1. The summed E-state index contributed by atoms with van der Waals surface area (Å²) in [5.41, 5.74) is 7.60. The van der Waals surface area contributed by atoms with E-state index in [4.69, 9.17) is 10.6 Å². The van der Waals surface area contributed by atoms with Gasteiger partial charge < -0.3 is 21.2 Å². The van der Waals surface area contributed by atoms with Gasteiger partial charge in [0.25, 0.3) is 0 Å². The number of benzene rings is 1. The first-order chi connectivity index (χ1) is 14.2. The quantitative estimate of drug-likeness (QED) is 0.336. The van der Waals surface area contributed by atoms with Gasteiger partial charge in [0.2, 0.25) is 0 Å². The number of nitrogens with zero attached hydrogens (tertiary/aromatic N) is 1. The molecule has 3 aliphatic rings. The van der Waals surface area contributed by atoms with Crippen LogP contribution in [-0.2, 0) is 4.84 Å².